The van der Waals surface area contributed by atoms with Crippen LogP contribution < -0.4 is 15.2 Å². The Morgan fingerprint density at radius 3 is 2.33 bits per heavy atom. The molecule has 0 amide bonds. The number of nitrogens with two attached hydrogens (primary N) is 1. The summed E-state index contributed by atoms with van der Waals surface area (Å²) in [5, 5.41) is 41.7. The summed E-state index contributed by atoms with van der Waals surface area (Å²) in [6.45, 7) is 0. The number of phenolic OH excluding ortho intramolecular Hbond substituents is 3. The normalized spacial score (nSPS) is 15.9. The van der Waals surface area contributed by atoms with Gasteiger partial charge in [-0.2, -0.15) is 0 Å². The zero-order chi connectivity index (χ0) is 28.9. The smallest absolute Gasteiger partial charge is 0.200 e. The van der Waals surface area contributed by atoms with Crippen molar-refractivity contribution in [1.29, 1.82) is 0 Å². The number of benzene rings is 2. The summed E-state index contributed by atoms with van der Waals surface area (Å²) in [5.41, 5.74) is 7.89. The molecule has 0 aliphatic heterocycles. The maximum Gasteiger partial charge on any atom is 0.200 e. The third-order valence-corrected chi connectivity index (χ3v) is 8.15. The average Bonchev–Trinajstić information content (AvgIpc) is 3.44. The number of phenols is 3. The quantitative estimate of drug-likeness (QED) is 0.206. The molecule has 2 unspecified atom stereocenters. The van der Waals surface area contributed by atoms with E-state index < -0.39 is 17.4 Å². The van der Waals surface area contributed by atoms with Crippen molar-refractivity contribution < 1.29 is 34.7 Å². The number of pyridine rings is 1. The molecule has 9 heteroatoms. The number of ketones is 1. The van der Waals surface area contributed by atoms with Gasteiger partial charge in [-0.15, -0.1) is 0 Å². The molecule has 9 nitrogen and oxygen atoms in total. The Morgan fingerprint density at radius 2 is 1.65 bits per heavy atom. The molecule has 1 heterocycles. The van der Waals surface area contributed by atoms with Gasteiger partial charge in [0, 0.05) is 18.0 Å². The maximum atomic E-state index is 14.1. The van der Waals surface area contributed by atoms with Gasteiger partial charge in [0.2, 0.25) is 5.75 Å². The minimum Gasteiger partial charge on any atom is -0.504 e. The Labute approximate surface area is 234 Å². The Bertz CT molecular complexity index is 1340. The SMILES string of the molecule is COc1cc(CCC(O)C(C(=O)CCc2cc(O)c(O)c(OC)c2)C2(c3ccnc(N)c3)CCCC2)ccc1O. The molecule has 0 saturated heterocycles. The van der Waals surface area contributed by atoms with Crippen LogP contribution in [0.2, 0.25) is 0 Å². The second-order valence-electron chi connectivity index (χ2n) is 10.6. The predicted molar refractivity (Wildman–Crippen MR) is 151 cm³/mol. The Morgan fingerprint density at radius 1 is 0.950 bits per heavy atom. The second-order valence-corrected chi connectivity index (χ2v) is 10.6. The molecule has 1 aliphatic carbocycles. The van der Waals surface area contributed by atoms with Crippen LogP contribution in [0.15, 0.2) is 48.7 Å². The minimum atomic E-state index is -0.942. The summed E-state index contributed by atoms with van der Waals surface area (Å²) in [4.78, 5) is 18.2. The number of nitrogen functional groups attached to an aromatic ring is 1. The van der Waals surface area contributed by atoms with E-state index in [2.05, 4.69) is 4.98 Å². The molecule has 40 heavy (non-hydrogen) atoms. The van der Waals surface area contributed by atoms with E-state index >= 15 is 0 Å². The van der Waals surface area contributed by atoms with Gasteiger partial charge in [0.05, 0.1) is 26.2 Å². The number of hydrogen-bond donors (Lipinski definition) is 5. The lowest BCUT2D eigenvalue weighted by Crippen LogP contribution is -2.45. The third kappa shape index (κ3) is 6.09. The molecule has 2 atom stereocenters. The number of anilines is 1. The molecular formula is C31H38N2O7. The lowest BCUT2D eigenvalue weighted by molar-refractivity contribution is -0.130. The fourth-order valence-corrected chi connectivity index (χ4v) is 6.16. The monoisotopic (exact) mass is 550 g/mol. The van der Waals surface area contributed by atoms with Gasteiger partial charge in [0.25, 0.3) is 0 Å². The number of aromatic nitrogens is 1. The number of ether oxygens (including phenoxy) is 2. The molecular weight excluding hydrogens is 512 g/mol. The minimum absolute atomic E-state index is 0.0388. The Hall–Kier alpha value is -3.98. The molecule has 3 aromatic rings. The molecule has 214 valence electrons. The van der Waals surface area contributed by atoms with Crippen molar-refractivity contribution in [3.63, 3.8) is 0 Å². The van der Waals surface area contributed by atoms with Crippen LogP contribution >= 0.6 is 0 Å². The van der Waals surface area contributed by atoms with Crippen LogP contribution in [0.4, 0.5) is 5.82 Å². The van der Waals surface area contributed by atoms with Gasteiger partial charge >= 0.3 is 0 Å². The van der Waals surface area contributed by atoms with Crippen LogP contribution in [-0.4, -0.2) is 51.5 Å². The Kier molecular flexibility index (Phi) is 9.04. The lowest BCUT2D eigenvalue weighted by Gasteiger charge is -2.40. The van der Waals surface area contributed by atoms with Crippen molar-refractivity contribution in [2.24, 2.45) is 5.92 Å². The molecule has 4 rings (SSSR count). The Balaban J connectivity index is 1.63. The van der Waals surface area contributed by atoms with Gasteiger partial charge < -0.3 is 35.6 Å². The number of Topliss-reactive ketones (excluding diaryl/α,β-unsaturated/α-hetero) is 1. The summed E-state index contributed by atoms with van der Waals surface area (Å²) in [6, 6.07) is 11.8. The van der Waals surface area contributed by atoms with Crippen LogP contribution in [0, 0.1) is 5.92 Å². The molecule has 1 aliphatic rings. The molecule has 1 fully saturated rings. The molecule has 1 aromatic heterocycles. The standard InChI is InChI=1S/C31H38N2O7/c1-39-26-16-19(5-8-22(26)34)6-9-23(35)29(31(12-3-4-13-31)21-11-14-33-28(32)18-21)24(36)10-7-20-15-25(37)30(38)27(17-20)40-2/h5,8,11,14-18,23,29,34-35,37-38H,3-4,6-7,9-10,12-13H2,1-2H3,(H2,32,33). The van der Waals surface area contributed by atoms with Crippen LogP contribution in [0.3, 0.4) is 0 Å². The van der Waals surface area contributed by atoms with Gasteiger partial charge in [-0.1, -0.05) is 18.9 Å². The lowest BCUT2D eigenvalue weighted by atomic mass is 9.64. The van der Waals surface area contributed by atoms with Gasteiger partial charge in [-0.3, -0.25) is 4.79 Å². The van der Waals surface area contributed by atoms with E-state index in [4.69, 9.17) is 15.2 Å². The topological polar surface area (TPSA) is 155 Å². The fraction of sp³-hybridized carbons (Fsp3) is 0.419. The first kappa shape index (κ1) is 29.0. The molecule has 2 aromatic carbocycles. The number of nitrogens with zero attached hydrogens (tertiary/aromatic N) is 1. The third-order valence-electron chi connectivity index (χ3n) is 8.15. The highest BCUT2D eigenvalue weighted by Gasteiger charge is 2.48. The summed E-state index contributed by atoms with van der Waals surface area (Å²) in [6.07, 6.45) is 5.29. The number of carbonyl (C=O) groups is 1. The summed E-state index contributed by atoms with van der Waals surface area (Å²) < 4.78 is 10.4. The second kappa shape index (κ2) is 12.5. The van der Waals surface area contributed by atoms with E-state index in [1.807, 2.05) is 12.1 Å². The molecule has 0 radical (unpaired) electrons. The number of aliphatic hydroxyl groups is 1. The first-order valence-corrected chi connectivity index (χ1v) is 13.6. The predicted octanol–water partition coefficient (Wildman–Crippen LogP) is 4.42. The highest BCUT2D eigenvalue weighted by atomic mass is 16.5. The zero-order valence-corrected chi connectivity index (χ0v) is 23.0. The number of methoxy groups -OCH3 is 2. The van der Waals surface area contributed by atoms with Gasteiger partial charge in [-0.05, 0) is 85.2 Å². The number of hydrogen-bond acceptors (Lipinski definition) is 9. The number of aliphatic hydroxyl groups excluding tert-OH is 1. The van der Waals surface area contributed by atoms with Crippen molar-refractivity contribution in [1.82, 2.24) is 4.98 Å². The zero-order valence-electron chi connectivity index (χ0n) is 23.0. The van der Waals surface area contributed by atoms with E-state index in [0.29, 0.717) is 36.4 Å². The van der Waals surface area contributed by atoms with Crippen LogP contribution in [0.25, 0.3) is 0 Å². The van der Waals surface area contributed by atoms with E-state index in [-0.39, 0.29) is 35.2 Å². The fourth-order valence-electron chi connectivity index (χ4n) is 6.16. The summed E-state index contributed by atoms with van der Waals surface area (Å²) in [7, 11) is 2.87. The van der Waals surface area contributed by atoms with Crippen molar-refractivity contribution in [3.05, 3.63) is 65.4 Å². The number of rotatable bonds is 12. The first-order chi connectivity index (χ1) is 19.2. The number of carbonyl (C=O) groups excluding carboxylic acids is 1. The molecule has 0 spiro atoms. The van der Waals surface area contributed by atoms with E-state index in [9.17, 15) is 25.2 Å². The van der Waals surface area contributed by atoms with E-state index in [1.165, 1.54) is 20.3 Å². The van der Waals surface area contributed by atoms with Crippen molar-refractivity contribution in [2.75, 3.05) is 20.0 Å². The molecule has 1 saturated carbocycles. The summed E-state index contributed by atoms with van der Waals surface area (Å²) in [5.74, 6) is -0.555. The summed E-state index contributed by atoms with van der Waals surface area (Å²) >= 11 is 0. The average molecular weight is 551 g/mol. The number of aromatic hydroxyl groups is 3. The number of aryl methyl sites for hydroxylation is 2. The van der Waals surface area contributed by atoms with E-state index in [1.54, 1.807) is 30.5 Å². The van der Waals surface area contributed by atoms with Crippen LogP contribution in [-0.2, 0) is 23.1 Å². The largest absolute Gasteiger partial charge is 0.504 e. The van der Waals surface area contributed by atoms with Crippen molar-refractivity contribution >= 4 is 11.6 Å². The highest BCUT2D eigenvalue weighted by Crippen LogP contribution is 2.49. The molecule has 6 N–H and O–H groups in total. The molecule has 0 bridgehead atoms. The van der Waals surface area contributed by atoms with Gasteiger partial charge in [0.1, 0.15) is 11.6 Å². The van der Waals surface area contributed by atoms with Crippen molar-refractivity contribution in [2.45, 2.75) is 62.9 Å². The van der Waals surface area contributed by atoms with Gasteiger partial charge in [-0.25, -0.2) is 4.98 Å². The van der Waals surface area contributed by atoms with Gasteiger partial charge in [0.15, 0.2) is 23.0 Å². The highest BCUT2D eigenvalue weighted by molar-refractivity contribution is 5.84. The van der Waals surface area contributed by atoms with Crippen LogP contribution in [0.1, 0.15) is 55.2 Å². The van der Waals surface area contributed by atoms with Crippen LogP contribution in [0.5, 0.6) is 28.7 Å². The van der Waals surface area contributed by atoms with Crippen molar-refractivity contribution in [3.8, 4) is 28.7 Å². The first-order valence-electron chi connectivity index (χ1n) is 13.6. The van der Waals surface area contributed by atoms with E-state index in [0.717, 1.165) is 36.8 Å². The maximum absolute atomic E-state index is 14.1.